The van der Waals surface area contributed by atoms with Crippen LogP contribution in [0.25, 0.3) is 0 Å². The van der Waals surface area contributed by atoms with E-state index in [-0.39, 0.29) is 11.6 Å². The van der Waals surface area contributed by atoms with Gasteiger partial charge in [0.25, 0.3) is 0 Å². The molecule has 4 heteroatoms. The Morgan fingerprint density at radius 1 is 1.31 bits per heavy atom. The van der Waals surface area contributed by atoms with Gasteiger partial charge in [-0.25, -0.2) is 8.78 Å². The van der Waals surface area contributed by atoms with Gasteiger partial charge in [-0.2, -0.15) is 0 Å². The lowest BCUT2D eigenvalue weighted by Crippen LogP contribution is -2.17. The molecule has 0 saturated carbocycles. The summed E-state index contributed by atoms with van der Waals surface area (Å²) in [5.41, 5.74) is 0.928. The molecule has 0 N–H and O–H groups in total. The van der Waals surface area contributed by atoms with Crippen molar-refractivity contribution in [1.82, 2.24) is 4.90 Å². The molecule has 0 saturated heterocycles. The Hall–Kier alpha value is -1.29. The van der Waals surface area contributed by atoms with Gasteiger partial charge in [-0.05, 0) is 32.6 Å². The number of hydrogen-bond donors (Lipinski definition) is 0. The third-order valence-electron chi connectivity index (χ3n) is 2.63. The summed E-state index contributed by atoms with van der Waals surface area (Å²) in [6, 6.07) is 6.49. The van der Waals surface area contributed by atoms with Crippen LogP contribution >= 0.6 is 0 Å². The molecule has 2 nitrogen and oxygen atoms in total. The molecule has 0 spiro atoms. The smallest absolute Gasteiger partial charge is 0.300 e. The van der Waals surface area contributed by atoms with Crippen LogP contribution in [0.2, 0.25) is 0 Å². The minimum atomic E-state index is -2.94. The summed E-state index contributed by atoms with van der Waals surface area (Å²) in [6.45, 7) is 1.95. The van der Waals surface area contributed by atoms with E-state index in [4.69, 9.17) is 0 Å². The van der Waals surface area contributed by atoms with E-state index in [0.29, 0.717) is 0 Å². The van der Waals surface area contributed by atoms with Gasteiger partial charge >= 0.3 is 6.43 Å². The number of carbonyl (C=O) groups excluding carboxylic acids is 1. The highest BCUT2D eigenvalue weighted by Gasteiger charge is 2.18. The van der Waals surface area contributed by atoms with Gasteiger partial charge in [0, 0.05) is 11.6 Å². The molecule has 0 bridgehead atoms. The number of benzene rings is 1. The molecule has 16 heavy (non-hydrogen) atoms. The van der Waals surface area contributed by atoms with Gasteiger partial charge in [0.05, 0.1) is 0 Å². The first-order chi connectivity index (χ1) is 7.43. The van der Waals surface area contributed by atoms with E-state index in [1.807, 2.05) is 32.0 Å². The number of hydrogen-bond acceptors (Lipinski definition) is 2. The van der Waals surface area contributed by atoms with Crippen molar-refractivity contribution in [3.63, 3.8) is 0 Å². The Morgan fingerprint density at radius 2 is 1.94 bits per heavy atom. The maximum absolute atomic E-state index is 12.2. The van der Waals surface area contributed by atoms with Crippen LogP contribution in [0, 0.1) is 0 Å². The van der Waals surface area contributed by atoms with E-state index >= 15 is 0 Å². The van der Waals surface area contributed by atoms with Gasteiger partial charge in [-0.15, -0.1) is 0 Å². The molecule has 0 aromatic heterocycles. The largest absolute Gasteiger partial charge is 0.303 e. The highest BCUT2D eigenvalue weighted by Crippen LogP contribution is 2.19. The first kappa shape index (κ1) is 12.8. The van der Waals surface area contributed by atoms with Gasteiger partial charge in [0.2, 0.25) is 5.78 Å². The topological polar surface area (TPSA) is 20.3 Å². The molecule has 1 atom stereocenters. The summed E-state index contributed by atoms with van der Waals surface area (Å²) < 4.78 is 24.5. The van der Waals surface area contributed by atoms with Gasteiger partial charge < -0.3 is 4.90 Å². The van der Waals surface area contributed by atoms with Gasteiger partial charge in [-0.1, -0.05) is 18.2 Å². The SMILES string of the molecule is CC(c1cccc(C(=O)C(F)F)c1)N(C)C. The number of alkyl halides is 2. The number of rotatable bonds is 4. The number of Topliss-reactive ketones (excluding diaryl/α,β-unsaturated/α-hetero) is 1. The van der Waals surface area contributed by atoms with E-state index in [1.165, 1.54) is 12.1 Å². The van der Waals surface area contributed by atoms with Crippen molar-refractivity contribution in [3.05, 3.63) is 35.4 Å². The Morgan fingerprint density at radius 3 is 2.44 bits per heavy atom. The average Bonchev–Trinajstić information content (AvgIpc) is 2.26. The summed E-state index contributed by atoms with van der Waals surface area (Å²) in [5, 5.41) is 0. The zero-order chi connectivity index (χ0) is 12.3. The second-order valence-corrected chi connectivity index (χ2v) is 3.93. The second-order valence-electron chi connectivity index (χ2n) is 3.93. The summed E-state index contributed by atoms with van der Waals surface area (Å²) >= 11 is 0. The summed E-state index contributed by atoms with van der Waals surface area (Å²) in [5.74, 6) is -1.12. The lowest BCUT2D eigenvalue weighted by Gasteiger charge is -2.20. The first-order valence-electron chi connectivity index (χ1n) is 5.02. The van der Waals surface area contributed by atoms with Crippen molar-refractivity contribution < 1.29 is 13.6 Å². The molecule has 0 amide bonds. The minimum Gasteiger partial charge on any atom is -0.303 e. The van der Waals surface area contributed by atoms with E-state index < -0.39 is 12.2 Å². The molecule has 0 aliphatic carbocycles. The average molecular weight is 227 g/mol. The fourth-order valence-corrected chi connectivity index (χ4v) is 1.38. The quantitative estimate of drug-likeness (QED) is 0.737. The van der Waals surface area contributed by atoms with Crippen molar-refractivity contribution in [3.8, 4) is 0 Å². The van der Waals surface area contributed by atoms with Gasteiger partial charge in [0.1, 0.15) is 0 Å². The molecule has 1 aromatic carbocycles. The molecule has 88 valence electrons. The first-order valence-corrected chi connectivity index (χ1v) is 5.02. The molecule has 0 aliphatic heterocycles. The van der Waals surface area contributed by atoms with Crippen molar-refractivity contribution >= 4 is 5.78 Å². The van der Waals surface area contributed by atoms with Crippen molar-refractivity contribution in [2.24, 2.45) is 0 Å². The van der Waals surface area contributed by atoms with Gasteiger partial charge in [-0.3, -0.25) is 4.79 Å². The molecule has 0 heterocycles. The highest BCUT2D eigenvalue weighted by molar-refractivity contribution is 5.98. The molecular weight excluding hydrogens is 212 g/mol. The summed E-state index contributed by atoms with van der Waals surface area (Å²) in [4.78, 5) is 13.1. The fourth-order valence-electron chi connectivity index (χ4n) is 1.38. The van der Waals surface area contributed by atoms with E-state index in [1.54, 1.807) is 6.07 Å². The Bertz CT molecular complexity index is 377. The molecule has 0 fully saturated rings. The van der Waals surface area contributed by atoms with Crippen molar-refractivity contribution in [2.45, 2.75) is 19.4 Å². The normalized spacial score (nSPS) is 13.2. The lowest BCUT2D eigenvalue weighted by molar-refractivity contribution is 0.0678. The van der Waals surface area contributed by atoms with Crippen LogP contribution in [0.3, 0.4) is 0 Å². The van der Waals surface area contributed by atoms with Crippen LogP contribution in [0.1, 0.15) is 28.9 Å². The van der Waals surface area contributed by atoms with E-state index in [9.17, 15) is 13.6 Å². The minimum absolute atomic E-state index is 0.0706. The maximum Gasteiger partial charge on any atom is 0.300 e. The third kappa shape index (κ3) is 2.85. The lowest BCUT2D eigenvalue weighted by atomic mass is 10.0. The van der Waals surface area contributed by atoms with Crippen LogP contribution in [-0.2, 0) is 0 Å². The number of halogens is 2. The Labute approximate surface area is 93.9 Å². The summed E-state index contributed by atoms with van der Waals surface area (Å²) in [7, 11) is 3.79. The molecule has 1 aromatic rings. The van der Waals surface area contributed by atoms with Crippen LogP contribution in [-0.4, -0.2) is 31.2 Å². The third-order valence-corrected chi connectivity index (χ3v) is 2.63. The zero-order valence-corrected chi connectivity index (χ0v) is 9.58. The Balaban J connectivity index is 3.00. The number of nitrogens with zero attached hydrogens (tertiary/aromatic N) is 1. The fraction of sp³-hybridized carbons (Fsp3) is 0.417. The highest BCUT2D eigenvalue weighted by atomic mass is 19.3. The standard InChI is InChI=1S/C12H15F2NO/c1-8(15(2)3)9-5-4-6-10(7-9)11(16)12(13)14/h4-8,12H,1-3H3. The maximum atomic E-state index is 12.2. The van der Waals surface area contributed by atoms with Crippen LogP contribution < -0.4 is 0 Å². The Kier molecular flexibility index (Phi) is 4.12. The van der Waals surface area contributed by atoms with Crippen molar-refractivity contribution in [1.29, 1.82) is 0 Å². The van der Waals surface area contributed by atoms with Crippen LogP contribution in [0.5, 0.6) is 0 Å². The molecule has 0 aliphatic rings. The monoisotopic (exact) mass is 227 g/mol. The van der Waals surface area contributed by atoms with Crippen molar-refractivity contribution in [2.75, 3.05) is 14.1 Å². The molecule has 1 unspecified atom stereocenters. The van der Waals surface area contributed by atoms with Crippen LogP contribution in [0.4, 0.5) is 8.78 Å². The van der Waals surface area contributed by atoms with E-state index in [0.717, 1.165) is 5.56 Å². The number of carbonyl (C=O) groups is 1. The molecular formula is C12H15F2NO. The van der Waals surface area contributed by atoms with E-state index in [2.05, 4.69) is 0 Å². The predicted molar refractivity (Wildman–Crippen MR) is 58.9 cm³/mol. The second kappa shape index (κ2) is 5.16. The predicted octanol–water partition coefficient (Wildman–Crippen LogP) is 2.76. The van der Waals surface area contributed by atoms with Gasteiger partial charge in [0.15, 0.2) is 0 Å². The zero-order valence-electron chi connectivity index (χ0n) is 9.58. The molecule has 0 radical (unpaired) electrons. The van der Waals surface area contributed by atoms with Crippen LogP contribution in [0.15, 0.2) is 24.3 Å². The number of ketones is 1. The molecule has 1 rings (SSSR count). The summed E-state index contributed by atoms with van der Waals surface area (Å²) in [6.07, 6.45) is -2.94.